The normalized spacial score (nSPS) is 26.8. The highest BCUT2D eigenvalue weighted by Gasteiger charge is 2.68. The van der Waals surface area contributed by atoms with Gasteiger partial charge in [0, 0.05) is 19.5 Å². The number of imide groups is 1. The van der Waals surface area contributed by atoms with Crippen molar-refractivity contribution in [2.45, 2.75) is 96.8 Å². The minimum atomic E-state index is -1.01. The molecule has 1 saturated heterocycles. The van der Waals surface area contributed by atoms with Crippen molar-refractivity contribution in [1.82, 2.24) is 21.0 Å². The van der Waals surface area contributed by atoms with Gasteiger partial charge in [-0.2, -0.15) is 0 Å². The second-order valence-electron chi connectivity index (χ2n) is 14.5. The number of fused-ring (bicyclic) bond motifs is 1. The van der Waals surface area contributed by atoms with Crippen molar-refractivity contribution < 1.29 is 33.5 Å². The van der Waals surface area contributed by atoms with Gasteiger partial charge in [0.15, 0.2) is 5.03 Å². The summed E-state index contributed by atoms with van der Waals surface area (Å²) in [4.78, 5) is 68.2. The molecule has 3 saturated carbocycles. The van der Waals surface area contributed by atoms with Crippen LogP contribution in [0.4, 0.5) is 0 Å². The summed E-state index contributed by atoms with van der Waals surface area (Å²) in [5, 5.41) is 15.6. The van der Waals surface area contributed by atoms with Crippen LogP contribution in [0.2, 0.25) is 0 Å². The zero-order valence-corrected chi connectivity index (χ0v) is 28.2. The van der Waals surface area contributed by atoms with Gasteiger partial charge in [-0.25, -0.2) is 15.1 Å². The van der Waals surface area contributed by atoms with Crippen molar-refractivity contribution in [2.75, 3.05) is 13.1 Å². The predicted molar refractivity (Wildman–Crippen MR) is 176 cm³/mol. The van der Waals surface area contributed by atoms with Crippen LogP contribution in [0.25, 0.3) is 0 Å². The predicted octanol–water partition coefficient (Wildman–Crippen LogP) is 1.83. The summed E-state index contributed by atoms with van der Waals surface area (Å²) in [5.41, 5.74) is 7.55. The molecule has 1 aromatic carbocycles. The molecule has 2 bridgehead atoms. The lowest BCUT2D eigenvalue weighted by Gasteiger charge is -2.64. The first kappa shape index (κ1) is 35.3. The summed E-state index contributed by atoms with van der Waals surface area (Å²) >= 11 is 0. The Morgan fingerprint density at radius 2 is 1.81 bits per heavy atom. The number of benzene rings is 1. The maximum Gasteiger partial charge on any atom is 0.481 e. The lowest BCUT2D eigenvalue weighted by Crippen LogP contribution is -2.65. The fourth-order valence-corrected chi connectivity index (χ4v) is 7.92. The third kappa shape index (κ3) is 7.04. The third-order valence-corrected chi connectivity index (χ3v) is 10.6. The first-order chi connectivity index (χ1) is 22.6. The van der Waals surface area contributed by atoms with Gasteiger partial charge in [0.1, 0.15) is 6.04 Å². The number of nitrogens with two attached hydrogens (primary N) is 1. The molecule has 0 radical (unpaired) electrons. The maximum absolute atomic E-state index is 13.9. The van der Waals surface area contributed by atoms with Gasteiger partial charge < -0.3 is 25.7 Å². The van der Waals surface area contributed by atoms with E-state index in [9.17, 15) is 29.3 Å². The average Bonchev–Trinajstić information content (AvgIpc) is 3.49. The SMILES string of the molecule is CC(C)C[C@H](NC(=O)[C@H](CCCN=C(N)N[N+](=O)[O-])NC(=O)CCN1C(=O)c2ccccc2C1=O)B1O[C@@H]2C[C@H]3C[C@H](C3(C)C)[C@]2(C)O1. The molecule has 16 heteroatoms. The first-order valence-electron chi connectivity index (χ1n) is 16.7. The van der Waals surface area contributed by atoms with E-state index in [4.69, 9.17) is 15.0 Å². The molecule has 1 aromatic rings. The molecule has 4 fully saturated rings. The number of hydrogen-bond donors (Lipinski definition) is 4. The van der Waals surface area contributed by atoms with Crippen molar-refractivity contribution in [3.63, 3.8) is 0 Å². The third-order valence-electron chi connectivity index (χ3n) is 10.6. The highest BCUT2D eigenvalue weighted by atomic mass is 16.7. The molecule has 0 spiro atoms. The van der Waals surface area contributed by atoms with Crippen LogP contribution in [0.5, 0.6) is 0 Å². The van der Waals surface area contributed by atoms with E-state index in [0.717, 1.165) is 17.7 Å². The van der Waals surface area contributed by atoms with Crippen LogP contribution < -0.4 is 21.8 Å². The van der Waals surface area contributed by atoms with Crippen molar-refractivity contribution in [3.8, 4) is 0 Å². The molecule has 6 atom stereocenters. The van der Waals surface area contributed by atoms with Gasteiger partial charge in [0.25, 0.3) is 17.8 Å². The fraction of sp³-hybridized carbons (Fsp3) is 0.656. The standard InChI is InChI=1S/C32H46BN7O8/c1-18(2)15-25(33-47-24-17-19-16-23(31(19,3)4)32(24,5)48-33)37-27(42)22(11-8-13-35-30(34)38-40(45)46)36-26(41)12-14-39-28(43)20-9-6-7-10-21(20)29(39)44/h6-7,9-10,18-19,22-25H,8,11-17H2,1-5H3,(H,36,41)(H,37,42)(H3,34,35,38)/t19-,22+,23-,24-,25+,32+/m1/s1. The summed E-state index contributed by atoms with van der Waals surface area (Å²) in [6, 6.07) is 5.45. The summed E-state index contributed by atoms with van der Waals surface area (Å²) in [6.07, 6.45) is 2.69. The number of hydrazine groups is 1. The van der Waals surface area contributed by atoms with E-state index in [-0.39, 0.29) is 66.9 Å². The van der Waals surface area contributed by atoms with Crippen molar-refractivity contribution in [3.05, 3.63) is 45.5 Å². The molecule has 48 heavy (non-hydrogen) atoms. The summed E-state index contributed by atoms with van der Waals surface area (Å²) in [5.74, 6) is -1.68. The fourth-order valence-electron chi connectivity index (χ4n) is 7.92. The summed E-state index contributed by atoms with van der Waals surface area (Å²) < 4.78 is 13.2. The van der Waals surface area contributed by atoms with E-state index in [1.807, 2.05) is 13.8 Å². The lowest BCUT2D eigenvalue weighted by molar-refractivity contribution is -0.525. The monoisotopic (exact) mass is 667 g/mol. The van der Waals surface area contributed by atoms with Crippen LogP contribution in [0.1, 0.15) is 93.9 Å². The Bertz CT molecular complexity index is 1450. The molecule has 3 aliphatic carbocycles. The van der Waals surface area contributed by atoms with Crippen molar-refractivity contribution >= 4 is 36.7 Å². The number of nitro groups is 1. The molecule has 2 heterocycles. The van der Waals surface area contributed by atoms with E-state index < -0.39 is 53.4 Å². The van der Waals surface area contributed by atoms with Crippen LogP contribution in [-0.2, 0) is 18.9 Å². The number of nitrogens with one attached hydrogen (secondary N) is 3. The van der Waals surface area contributed by atoms with Crippen molar-refractivity contribution in [2.24, 2.45) is 33.9 Å². The Labute approximate surface area is 280 Å². The molecule has 0 unspecified atom stereocenters. The smallest absolute Gasteiger partial charge is 0.404 e. The van der Waals surface area contributed by atoms with Crippen LogP contribution in [0, 0.1) is 33.3 Å². The Kier molecular flexibility index (Phi) is 10.2. The largest absolute Gasteiger partial charge is 0.481 e. The number of amides is 4. The van der Waals surface area contributed by atoms with Gasteiger partial charge in [0.05, 0.1) is 28.8 Å². The molecular weight excluding hydrogens is 621 g/mol. The highest BCUT2D eigenvalue weighted by molar-refractivity contribution is 6.48. The summed E-state index contributed by atoms with van der Waals surface area (Å²) in [6.45, 7) is 10.7. The Hall–Kier alpha value is -4.05. The average molecular weight is 668 g/mol. The quantitative estimate of drug-likeness (QED) is 0.0431. The second-order valence-corrected chi connectivity index (χ2v) is 14.5. The van der Waals surface area contributed by atoms with E-state index in [0.29, 0.717) is 18.3 Å². The zero-order valence-electron chi connectivity index (χ0n) is 28.2. The highest BCUT2D eigenvalue weighted by Crippen LogP contribution is 2.65. The molecular formula is C32H46BN7O8. The van der Waals surface area contributed by atoms with Gasteiger partial charge in [0.2, 0.25) is 11.8 Å². The molecule has 260 valence electrons. The molecule has 5 N–H and O–H groups in total. The van der Waals surface area contributed by atoms with E-state index in [2.05, 4.69) is 36.4 Å². The number of aliphatic imine (C=N–C) groups is 1. The molecule has 5 aliphatic rings. The first-order valence-corrected chi connectivity index (χ1v) is 16.7. The molecule has 6 rings (SSSR count). The Morgan fingerprint density at radius 1 is 1.15 bits per heavy atom. The lowest BCUT2D eigenvalue weighted by atomic mass is 9.43. The minimum Gasteiger partial charge on any atom is -0.404 e. The molecule has 2 aliphatic heterocycles. The van der Waals surface area contributed by atoms with Crippen LogP contribution in [0.3, 0.4) is 0 Å². The summed E-state index contributed by atoms with van der Waals surface area (Å²) in [7, 11) is -0.663. The van der Waals surface area contributed by atoms with Crippen LogP contribution >= 0.6 is 0 Å². The number of rotatable bonds is 14. The van der Waals surface area contributed by atoms with Gasteiger partial charge in [-0.15, -0.1) is 0 Å². The van der Waals surface area contributed by atoms with Crippen LogP contribution in [-0.4, -0.2) is 83.4 Å². The zero-order chi connectivity index (χ0) is 35.0. The topological polar surface area (TPSA) is 208 Å². The molecule has 4 amide bonds. The van der Waals surface area contributed by atoms with Gasteiger partial charge >= 0.3 is 7.12 Å². The molecule has 15 nitrogen and oxygen atoms in total. The number of hydrogen-bond acceptors (Lipinski definition) is 9. The minimum absolute atomic E-state index is 0.0595. The number of nitrogens with zero attached hydrogens (tertiary/aromatic N) is 3. The van der Waals surface area contributed by atoms with Gasteiger partial charge in [-0.05, 0) is 74.3 Å². The van der Waals surface area contributed by atoms with E-state index in [1.54, 1.807) is 29.7 Å². The second kappa shape index (κ2) is 13.8. The van der Waals surface area contributed by atoms with Crippen LogP contribution in [0.15, 0.2) is 29.3 Å². The number of carbonyl (C=O) groups excluding carboxylic acids is 4. The Balaban J connectivity index is 1.25. The van der Waals surface area contributed by atoms with E-state index in [1.165, 1.54) is 0 Å². The molecule has 0 aromatic heterocycles. The van der Waals surface area contributed by atoms with Crippen molar-refractivity contribution in [1.29, 1.82) is 0 Å². The van der Waals surface area contributed by atoms with E-state index >= 15 is 0 Å². The number of guanidine groups is 1. The van der Waals surface area contributed by atoms with Gasteiger partial charge in [-0.1, -0.05) is 45.3 Å². The van der Waals surface area contributed by atoms with Gasteiger partial charge in [-0.3, -0.25) is 24.1 Å². The maximum atomic E-state index is 13.9. The number of carbonyl (C=O) groups is 4. The Morgan fingerprint density at radius 3 is 2.42 bits per heavy atom.